The largest absolute Gasteiger partial charge is 0.401 e. The number of hydrogen-bond donors (Lipinski definition) is 2. The van der Waals surface area contributed by atoms with Gasteiger partial charge in [-0.2, -0.15) is 13.2 Å². The van der Waals surface area contributed by atoms with Crippen LogP contribution < -0.4 is 10.6 Å². The van der Waals surface area contributed by atoms with E-state index < -0.39 is 18.6 Å². The summed E-state index contributed by atoms with van der Waals surface area (Å²) in [5, 5.41) is 4.14. The van der Waals surface area contributed by atoms with Crippen LogP contribution in [0, 0.1) is 12.3 Å². The Hall–Kier alpha value is -1.22. The van der Waals surface area contributed by atoms with Crippen LogP contribution in [-0.4, -0.2) is 31.7 Å². The Labute approximate surface area is 73.7 Å². The van der Waals surface area contributed by atoms with Crippen LogP contribution in [0.15, 0.2) is 0 Å². The molecule has 3 nitrogen and oxygen atoms in total. The zero-order valence-corrected chi connectivity index (χ0v) is 6.74. The fourth-order valence-corrected chi connectivity index (χ4v) is 0.530. The summed E-state index contributed by atoms with van der Waals surface area (Å²) >= 11 is 0. The Morgan fingerprint density at radius 1 is 1.46 bits per heavy atom. The van der Waals surface area contributed by atoms with Gasteiger partial charge in [0.05, 0.1) is 19.6 Å². The van der Waals surface area contributed by atoms with Gasteiger partial charge < -0.3 is 10.6 Å². The summed E-state index contributed by atoms with van der Waals surface area (Å²) in [5.41, 5.74) is 0. The first-order valence-corrected chi connectivity index (χ1v) is 3.43. The lowest BCUT2D eigenvalue weighted by Crippen LogP contribution is -2.38. The molecule has 0 unspecified atom stereocenters. The lowest BCUT2D eigenvalue weighted by molar-refractivity contribution is -0.128. The Morgan fingerprint density at radius 2 is 2.08 bits per heavy atom. The second kappa shape index (κ2) is 5.43. The summed E-state index contributed by atoms with van der Waals surface area (Å²) in [6, 6.07) is 0. The molecule has 0 aromatic carbocycles. The van der Waals surface area contributed by atoms with Crippen molar-refractivity contribution in [3.63, 3.8) is 0 Å². The van der Waals surface area contributed by atoms with Crippen molar-refractivity contribution < 1.29 is 18.0 Å². The van der Waals surface area contributed by atoms with Crippen molar-refractivity contribution in [2.45, 2.75) is 6.18 Å². The van der Waals surface area contributed by atoms with Crippen LogP contribution in [0.1, 0.15) is 0 Å². The van der Waals surface area contributed by atoms with Gasteiger partial charge in [-0.05, 0) is 0 Å². The maximum atomic E-state index is 11.5. The van der Waals surface area contributed by atoms with E-state index in [2.05, 4.69) is 11.2 Å². The van der Waals surface area contributed by atoms with E-state index in [1.54, 1.807) is 0 Å². The first-order valence-electron chi connectivity index (χ1n) is 3.43. The molecule has 0 radical (unpaired) electrons. The zero-order chi connectivity index (χ0) is 10.3. The maximum Gasteiger partial charge on any atom is 0.401 e. The van der Waals surface area contributed by atoms with Gasteiger partial charge in [-0.25, -0.2) is 0 Å². The predicted octanol–water partition coefficient (Wildman–Crippen LogP) is -0.112. The van der Waals surface area contributed by atoms with E-state index in [4.69, 9.17) is 6.42 Å². The highest BCUT2D eigenvalue weighted by atomic mass is 19.4. The Balaban J connectivity index is 3.44. The van der Waals surface area contributed by atoms with Crippen molar-refractivity contribution in [1.82, 2.24) is 10.6 Å². The Kier molecular flexibility index (Phi) is 4.92. The number of terminal acetylenes is 1. The molecule has 13 heavy (non-hydrogen) atoms. The fourth-order valence-electron chi connectivity index (χ4n) is 0.530. The average molecular weight is 194 g/mol. The second-order valence-electron chi connectivity index (χ2n) is 2.20. The predicted molar refractivity (Wildman–Crippen MR) is 40.8 cm³/mol. The fraction of sp³-hybridized carbons (Fsp3) is 0.571. The molecule has 6 heteroatoms. The molecular weight excluding hydrogens is 185 g/mol. The number of carbonyl (C=O) groups excluding carboxylic acids is 1. The first kappa shape index (κ1) is 11.8. The molecular formula is C7H9F3N2O. The molecule has 0 aliphatic heterocycles. The van der Waals surface area contributed by atoms with Gasteiger partial charge in [-0.1, -0.05) is 5.92 Å². The van der Waals surface area contributed by atoms with Gasteiger partial charge >= 0.3 is 6.18 Å². The van der Waals surface area contributed by atoms with Crippen molar-refractivity contribution in [3.05, 3.63) is 0 Å². The van der Waals surface area contributed by atoms with E-state index in [0.29, 0.717) is 0 Å². The third-order valence-corrected chi connectivity index (χ3v) is 0.999. The van der Waals surface area contributed by atoms with Crippen molar-refractivity contribution in [1.29, 1.82) is 0 Å². The number of hydrogen-bond acceptors (Lipinski definition) is 2. The highest BCUT2D eigenvalue weighted by Crippen LogP contribution is 2.11. The van der Waals surface area contributed by atoms with Gasteiger partial charge in [0.25, 0.3) is 0 Å². The molecule has 0 aromatic rings. The lowest BCUT2D eigenvalue weighted by atomic mass is 10.5. The molecule has 0 aromatic heterocycles. The van der Waals surface area contributed by atoms with Crippen LogP contribution in [0.2, 0.25) is 0 Å². The van der Waals surface area contributed by atoms with Crippen LogP contribution in [0.25, 0.3) is 0 Å². The van der Waals surface area contributed by atoms with Crippen LogP contribution in [0.3, 0.4) is 0 Å². The minimum Gasteiger partial charge on any atom is -0.344 e. The molecule has 0 saturated carbocycles. The second-order valence-corrected chi connectivity index (χ2v) is 2.20. The van der Waals surface area contributed by atoms with E-state index in [-0.39, 0.29) is 13.1 Å². The van der Waals surface area contributed by atoms with E-state index in [9.17, 15) is 18.0 Å². The summed E-state index contributed by atoms with van der Waals surface area (Å²) in [6.45, 7) is -1.55. The molecule has 74 valence electrons. The number of alkyl halides is 3. The van der Waals surface area contributed by atoms with Crippen LogP contribution >= 0.6 is 0 Å². The smallest absolute Gasteiger partial charge is 0.344 e. The Bertz CT molecular complexity index is 207. The molecule has 0 rings (SSSR count). The summed E-state index contributed by atoms with van der Waals surface area (Å²) in [5.74, 6) is 1.57. The number of halogens is 3. The van der Waals surface area contributed by atoms with E-state index in [1.807, 2.05) is 5.32 Å². The molecule has 0 bridgehead atoms. The summed E-state index contributed by atoms with van der Waals surface area (Å²) in [7, 11) is 0. The lowest BCUT2D eigenvalue weighted by Gasteiger charge is -2.07. The molecule has 0 spiro atoms. The van der Waals surface area contributed by atoms with Crippen LogP contribution in [-0.2, 0) is 4.79 Å². The third kappa shape index (κ3) is 8.69. The number of nitrogens with one attached hydrogen (secondary N) is 2. The van der Waals surface area contributed by atoms with Gasteiger partial charge in [0.15, 0.2) is 0 Å². The van der Waals surface area contributed by atoms with E-state index >= 15 is 0 Å². The topological polar surface area (TPSA) is 41.1 Å². The quantitative estimate of drug-likeness (QED) is 0.613. The summed E-state index contributed by atoms with van der Waals surface area (Å²) in [6.07, 6.45) is 0.510. The molecule has 0 atom stereocenters. The summed E-state index contributed by atoms with van der Waals surface area (Å²) < 4.78 is 34.6. The molecule has 0 aliphatic rings. The third-order valence-electron chi connectivity index (χ3n) is 0.999. The van der Waals surface area contributed by atoms with Gasteiger partial charge in [-0.3, -0.25) is 4.79 Å². The Morgan fingerprint density at radius 3 is 2.54 bits per heavy atom. The standard InChI is InChI=1S/C7H9F3N2O/c1-2-3-12-6(13)4-11-5-7(8,9)10/h1,11H,3-5H2,(H,12,13). The minimum absolute atomic E-state index is 0.0204. The number of carbonyl (C=O) groups is 1. The van der Waals surface area contributed by atoms with Crippen LogP contribution in [0.5, 0.6) is 0 Å². The normalized spacial score (nSPS) is 10.6. The van der Waals surface area contributed by atoms with E-state index in [1.165, 1.54) is 0 Å². The van der Waals surface area contributed by atoms with Crippen molar-refractivity contribution in [2.75, 3.05) is 19.6 Å². The highest BCUT2D eigenvalue weighted by Gasteiger charge is 2.26. The molecule has 0 heterocycles. The highest BCUT2D eigenvalue weighted by molar-refractivity contribution is 5.78. The van der Waals surface area contributed by atoms with E-state index in [0.717, 1.165) is 0 Å². The number of rotatable bonds is 4. The molecule has 2 N–H and O–H groups in total. The summed E-state index contributed by atoms with van der Waals surface area (Å²) in [4.78, 5) is 10.7. The van der Waals surface area contributed by atoms with Crippen molar-refractivity contribution in [3.8, 4) is 12.3 Å². The van der Waals surface area contributed by atoms with Gasteiger partial charge in [0, 0.05) is 0 Å². The van der Waals surface area contributed by atoms with Crippen molar-refractivity contribution in [2.24, 2.45) is 0 Å². The van der Waals surface area contributed by atoms with Gasteiger partial charge in [-0.15, -0.1) is 6.42 Å². The zero-order valence-electron chi connectivity index (χ0n) is 6.74. The molecule has 0 saturated heterocycles. The van der Waals surface area contributed by atoms with Gasteiger partial charge in [0.2, 0.25) is 5.91 Å². The first-order chi connectivity index (χ1) is 5.95. The van der Waals surface area contributed by atoms with Gasteiger partial charge in [0.1, 0.15) is 0 Å². The van der Waals surface area contributed by atoms with Crippen molar-refractivity contribution >= 4 is 5.91 Å². The molecule has 0 fully saturated rings. The number of amides is 1. The molecule has 0 aliphatic carbocycles. The molecule has 1 amide bonds. The minimum atomic E-state index is -4.30. The SMILES string of the molecule is C#CCNC(=O)CNCC(F)(F)F. The average Bonchev–Trinajstić information content (AvgIpc) is 1.98. The maximum absolute atomic E-state index is 11.5. The van der Waals surface area contributed by atoms with Crippen LogP contribution in [0.4, 0.5) is 13.2 Å². The monoisotopic (exact) mass is 194 g/mol.